The van der Waals surface area contributed by atoms with Gasteiger partial charge in [0.25, 0.3) is 5.91 Å². The minimum atomic E-state index is -0.477. The van der Waals surface area contributed by atoms with E-state index in [1.54, 1.807) is 12.1 Å². The first-order valence-corrected chi connectivity index (χ1v) is 8.43. The summed E-state index contributed by atoms with van der Waals surface area (Å²) in [6.45, 7) is 5.69. The third-order valence-electron chi connectivity index (χ3n) is 4.79. The molecule has 1 unspecified atom stereocenters. The van der Waals surface area contributed by atoms with Crippen LogP contribution in [0.25, 0.3) is 0 Å². The number of carbonyl (C=O) groups is 1. The van der Waals surface area contributed by atoms with Gasteiger partial charge >= 0.3 is 0 Å². The van der Waals surface area contributed by atoms with E-state index in [9.17, 15) is 4.79 Å². The number of nitrogens with zero attached hydrogens (tertiary/aromatic N) is 1. The van der Waals surface area contributed by atoms with Gasteiger partial charge in [0.2, 0.25) is 0 Å². The Morgan fingerprint density at radius 2 is 2.00 bits per heavy atom. The van der Waals surface area contributed by atoms with Gasteiger partial charge in [-0.2, -0.15) is 0 Å². The lowest BCUT2D eigenvalue weighted by Gasteiger charge is -2.25. The fourth-order valence-corrected chi connectivity index (χ4v) is 3.67. The van der Waals surface area contributed by atoms with Crippen molar-refractivity contribution < 1.29 is 9.53 Å². The van der Waals surface area contributed by atoms with Crippen molar-refractivity contribution in [1.29, 1.82) is 0 Å². The molecule has 0 aromatic heterocycles. The monoisotopic (exact) mass is 322 g/mol. The van der Waals surface area contributed by atoms with Crippen LogP contribution in [0.1, 0.15) is 19.8 Å². The van der Waals surface area contributed by atoms with Crippen LogP contribution in [0, 0.1) is 11.8 Å². The van der Waals surface area contributed by atoms with Gasteiger partial charge in [0.15, 0.2) is 6.10 Å². The second-order valence-electron chi connectivity index (χ2n) is 6.30. The number of amides is 1. The fraction of sp³-hybridized carbons (Fsp3) is 0.588. The highest BCUT2D eigenvalue weighted by molar-refractivity contribution is 6.30. The van der Waals surface area contributed by atoms with Gasteiger partial charge in [-0.15, -0.1) is 0 Å². The molecular formula is C17H23ClN2O2. The molecule has 2 fully saturated rings. The van der Waals surface area contributed by atoms with E-state index < -0.39 is 6.10 Å². The maximum Gasteiger partial charge on any atom is 0.263 e. The predicted molar refractivity (Wildman–Crippen MR) is 87.2 cm³/mol. The minimum absolute atomic E-state index is 0.0768. The first-order chi connectivity index (χ1) is 10.6. The SMILES string of the molecule is CC(Oc1cccc(Cl)c1)C(=O)N1CC[C@@H]2CNC[C@@H]2CC1. The number of rotatable bonds is 3. The number of hydrogen-bond donors (Lipinski definition) is 1. The molecule has 3 rings (SSSR count). The summed E-state index contributed by atoms with van der Waals surface area (Å²) >= 11 is 5.95. The zero-order chi connectivity index (χ0) is 15.5. The second kappa shape index (κ2) is 6.88. The molecule has 2 saturated heterocycles. The summed E-state index contributed by atoms with van der Waals surface area (Å²) < 4.78 is 5.76. The summed E-state index contributed by atoms with van der Waals surface area (Å²) in [5.74, 6) is 2.17. The molecule has 4 nitrogen and oxygen atoms in total. The van der Waals surface area contributed by atoms with E-state index >= 15 is 0 Å². The van der Waals surface area contributed by atoms with Crippen LogP contribution in [0.4, 0.5) is 0 Å². The maximum atomic E-state index is 12.6. The maximum absolute atomic E-state index is 12.6. The Morgan fingerprint density at radius 1 is 1.32 bits per heavy atom. The van der Waals surface area contributed by atoms with Crippen molar-refractivity contribution in [3.63, 3.8) is 0 Å². The summed E-state index contributed by atoms with van der Waals surface area (Å²) in [6.07, 6.45) is 1.70. The van der Waals surface area contributed by atoms with Crippen molar-refractivity contribution in [2.45, 2.75) is 25.9 Å². The molecule has 1 amide bonds. The van der Waals surface area contributed by atoms with E-state index in [-0.39, 0.29) is 5.91 Å². The second-order valence-corrected chi connectivity index (χ2v) is 6.73. The summed E-state index contributed by atoms with van der Waals surface area (Å²) in [7, 11) is 0. The third kappa shape index (κ3) is 3.55. The van der Waals surface area contributed by atoms with E-state index in [0.29, 0.717) is 10.8 Å². The van der Waals surface area contributed by atoms with Gasteiger partial charge in [-0.05, 0) is 62.9 Å². The summed E-state index contributed by atoms with van der Waals surface area (Å²) in [6, 6.07) is 7.19. The van der Waals surface area contributed by atoms with Crippen LogP contribution in [0.5, 0.6) is 5.75 Å². The lowest BCUT2D eigenvalue weighted by Crippen LogP contribution is -2.41. The highest BCUT2D eigenvalue weighted by Crippen LogP contribution is 2.27. The normalized spacial score (nSPS) is 26.2. The molecule has 3 atom stereocenters. The topological polar surface area (TPSA) is 41.6 Å². The molecular weight excluding hydrogens is 300 g/mol. The Labute approximate surface area is 136 Å². The molecule has 1 aromatic rings. The number of carbonyl (C=O) groups excluding carboxylic acids is 1. The molecule has 0 saturated carbocycles. The summed E-state index contributed by atoms with van der Waals surface area (Å²) in [4.78, 5) is 14.6. The number of benzene rings is 1. The Kier molecular flexibility index (Phi) is 4.89. The highest BCUT2D eigenvalue weighted by Gasteiger charge is 2.32. The number of halogens is 1. The molecule has 2 aliphatic rings. The van der Waals surface area contributed by atoms with Gasteiger partial charge in [-0.25, -0.2) is 0 Å². The average molecular weight is 323 g/mol. The molecule has 0 bridgehead atoms. The standard InChI is InChI=1S/C17H23ClN2O2/c1-12(22-16-4-2-3-15(18)9-16)17(21)20-7-5-13-10-19-11-14(13)6-8-20/h2-4,9,12-14,19H,5-8,10-11H2,1H3/t12?,13-,14+. The summed E-state index contributed by atoms with van der Waals surface area (Å²) in [5, 5.41) is 4.07. The van der Waals surface area contributed by atoms with Crippen LogP contribution in [0.15, 0.2) is 24.3 Å². The Hall–Kier alpha value is -1.26. The van der Waals surface area contributed by atoms with Crippen molar-refractivity contribution in [2.75, 3.05) is 26.2 Å². The Balaban J connectivity index is 1.58. The first-order valence-electron chi connectivity index (χ1n) is 8.05. The van der Waals surface area contributed by atoms with Crippen molar-refractivity contribution in [1.82, 2.24) is 10.2 Å². The van der Waals surface area contributed by atoms with Crippen LogP contribution in [-0.4, -0.2) is 43.1 Å². The third-order valence-corrected chi connectivity index (χ3v) is 5.02. The minimum Gasteiger partial charge on any atom is -0.481 e. The van der Waals surface area contributed by atoms with Crippen molar-refractivity contribution in [3.05, 3.63) is 29.3 Å². The van der Waals surface area contributed by atoms with E-state index in [1.165, 1.54) is 0 Å². The van der Waals surface area contributed by atoms with Crippen LogP contribution in [0.2, 0.25) is 5.02 Å². The van der Waals surface area contributed by atoms with Gasteiger partial charge in [0.1, 0.15) is 5.75 Å². The van der Waals surface area contributed by atoms with Gasteiger partial charge in [0, 0.05) is 18.1 Å². The molecule has 2 heterocycles. The van der Waals surface area contributed by atoms with Gasteiger partial charge in [0.05, 0.1) is 0 Å². The smallest absolute Gasteiger partial charge is 0.263 e. The zero-order valence-corrected chi connectivity index (χ0v) is 13.7. The Morgan fingerprint density at radius 3 is 2.64 bits per heavy atom. The van der Waals surface area contributed by atoms with E-state index in [0.717, 1.165) is 50.9 Å². The molecule has 2 aliphatic heterocycles. The average Bonchev–Trinajstić information content (AvgIpc) is 2.85. The lowest BCUT2D eigenvalue weighted by atomic mass is 9.92. The fourth-order valence-electron chi connectivity index (χ4n) is 3.49. The molecule has 0 aliphatic carbocycles. The largest absolute Gasteiger partial charge is 0.481 e. The number of fused-ring (bicyclic) bond motifs is 1. The van der Waals surface area contributed by atoms with Gasteiger partial charge in [-0.1, -0.05) is 17.7 Å². The Bertz CT molecular complexity index is 523. The first kappa shape index (κ1) is 15.6. The number of hydrogen-bond acceptors (Lipinski definition) is 3. The predicted octanol–water partition coefficient (Wildman–Crippen LogP) is 2.57. The molecule has 22 heavy (non-hydrogen) atoms. The van der Waals surface area contributed by atoms with Gasteiger partial charge in [-0.3, -0.25) is 4.79 Å². The van der Waals surface area contributed by atoms with Crippen LogP contribution >= 0.6 is 11.6 Å². The molecule has 1 aromatic carbocycles. The molecule has 5 heteroatoms. The van der Waals surface area contributed by atoms with E-state index in [4.69, 9.17) is 16.3 Å². The van der Waals surface area contributed by atoms with Crippen molar-refractivity contribution in [3.8, 4) is 5.75 Å². The molecule has 1 N–H and O–H groups in total. The number of nitrogens with one attached hydrogen (secondary N) is 1. The van der Waals surface area contributed by atoms with Crippen molar-refractivity contribution in [2.24, 2.45) is 11.8 Å². The zero-order valence-electron chi connectivity index (χ0n) is 12.9. The number of ether oxygens (including phenoxy) is 1. The van der Waals surface area contributed by atoms with Crippen molar-refractivity contribution >= 4 is 17.5 Å². The van der Waals surface area contributed by atoms with Crippen LogP contribution in [0.3, 0.4) is 0 Å². The molecule has 0 radical (unpaired) electrons. The van der Waals surface area contributed by atoms with E-state index in [2.05, 4.69) is 5.32 Å². The quantitative estimate of drug-likeness (QED) is 0.930. The van der Waals surface area contributed by atoms with Gasteiger partial charge < -0.3 is 15.0 Å². The molecule has 120 valence electrons. The number of likely N-dealkylation sites (tertiary alicyclic amines) is 1. The van der Waals surface area contributed by atoms with E-state index in [1.807, 2.05) is 24.0 Å². The molecule has 0 spiro atoms. The highest BCUT2D eigenvalue weighted by atomic mass is 35.5. The van der Waals surface area contributed by atoms with Crippen LogP contribution < -0.4 is 10.1 Å². The van der Waals surface area contributed by atoms with Crippen LogP contribution in [-0.2, 0) is 4.79 Å². The lowest BCUT2D eigenvalue weighted by molar-refractivity contribution is -0.137. The summed E-state index contributed by atoms with van der Waals surface area (Å²) in [5.41, 5.74) is 0.